The van der Waals surface area contributed by atoms with Crippen LogP contribution in [0.4, 0.5) is 0 Å². The molecule has 2 rings (SSSR count). The minimum absolute atomic E-state index is 0.475. The minimum atomic E-state index is 0.475. The van der Waals surface area contributed by atoms with Crippen LogP contribution in [0.25, 0.3) is 11.3 Å². The summed E-state index contributed by atoms with van der Waals surface area (Å²) in [4.78, 5) is 9.38. The Hall–Kier alpha value is -1.90. The summed E-state index contributed by atoms with van der Waals surface area (Å²) < 4.78 is 5.50. The minimum Gasteiger partial charge on any atom is -0.496 e. The van der Waals surface area contributed by atoms with Gasteiger partial charge in [-0.1, -0.05) is 33.8 Å². The Morgan fingerprint density at radius 1 is 1.10 bits per heavy atom. The molecule has 1 heterocycles. The zero-order valence-corrected chi connectivity index (χ0v) is 13.6. The Morgan fingerprint density at radius 2 is 1.81 bits per heavy atom. The highest BCUT2D eigenvalue weighted by atomic mass is 16.5. The Bertz CT molecular complexity index is 621. The third kappa shape index (κ3) is 3.23. The van der Waals surface area contributed by atoms with Crippen molar-refractivity contribution >= 4 is 0 Å². The zero-order valence-electron chi connectivity index (χ0n) is 13.6. The van der Waals surface area contributed by atoms with Gasteiger partial charge in [-0.25, -0.2) is 4.98 Å². The Labute approximate surface area is 127 Å². The van der Waals surface area contributed by atoms with Crippen LogP contribution < -0.4 is 4.74 Å². The van der Waals surface area contributed by atoms with Gasteiger partial charge in [0.05, 0.1) is 30.4 Å². The van der Waals surface area contributed by atoms with E-state index in [4.69, 9.17) is 9.72 Å². The van der Waals surface area contributed by atoms with E-state index in [-0.39, 0.29) is 0 Å². The predicted molar refractivity (Wildman–Crippen MR) is 86.9 cm³/mol. The molecule has 0 saturated heterocycles. The summed E-state index contributed by atoms with van der Waals surface area (Å²) in [7, 11) is 1.70. The van der Waals surface area contributed by atoms with Crippen molar-refractivity contribution in [1.29, 1.82) is 0 Å². The number of benzene rings is 1. The molecule has 1 aromatic heterocycles. The summed E-state index contributed by atoms with van der Waals surface area (Å²) >= 11 is 0. The lowest BCUT2D eigenvalue weighted by Gasteiger charge is -2.13. The van der Waals surface area contributed by atoms with Gasteiger partial charge >= 0.3 is 0 Å². The molecule has 0 atom stereocenters. The molecule has 0 unspecified atom stereocenters. The first kappa shape index (κ1) is 15.5. The molecule has 3 nitrogen and oxygen atoms in total. The highest BCUT2D eigenvalue weighted by molar-refractivity contribution is 5.68. The maximum absolute atomic E-state index is 5.50. The fourth-order valence-electron chi connectivity index (χ4n) is 2.45. The molecule has 112 valence electrons. The van der Waals surface area contributed by atoms with Crippen molar-refractivity contribution in [2.45, 2.75) is 46.5 Å². The van der Waals surface area contributed by atoms with Crippen molar-refractivity contribution in [3.05, 3.63) is 41.3 Å². The summed E-state index contributed by atoms with van der Waals surface area (Å²) in [5.74, 6) is 1.32. The summed E-state index contributed by atoms with van der Waals surface area (Å²) in [6.45, 7) is 8.61. The fourth-order valence-corrected chi connectivity index (χ4v) is 2.45. The van der Waals surface area contributed by atoms with E-state index in [0.29, 0.717) is 5.92 Å². The topological polar surface area (TPSA) is 35.0 Å². The van der Waals surface area contributed by atoms with E-state index >= 15 is 0 Å². The van der Waals surface area contributed by atoms with E-state index in [1.807, 2.05) is 12.3 Å². The lowest BCUT2D eigenvalue weighted by molar-refractivity contribution is 0.416. The lowest BCUT2D eigenvalue weighted by Crippen LogP contribution is -2.02. The van der Waals surface area contributed by atoms with Crippen LogP contribution in [0.1, 0.15) is 50.6 Å². The van der Waals surface area contributed by atoms with Gasteiger partial charge < -0.3 is 4.74 Å². The molecule has 0 spiro atoms. The first-order chi connectivity index (χ1) is 10.1. The molecule has 0 fully saturated rings. The van der Waals surface area contributed by atoms with Crippen LogP contribution in [-0.4, -0.2) is 17.1 Å². The van der Waals surface area contributed by atoms with Gasteiger partial charge in [0.25, 0.3) is 0 Å². The van der Waals surface area contributed by atoms with E-state index in [0.717, 1.165) is 41.2 Å². The number of hydrogen-bond donors (Lipinski definition) is 0. The maximum atomic E-state index is 5.50. The summed E-state index contributed by atoms with van der Waals surface area (Å²) in [6, 6.07) is 6.30. The number of aromatic nitrogens is 2. The number of hydrogen-bond acceptors (Lipinski definition) is 3. The third-order valence-electron chi connectivity index (χ3n) is 3.77. The van der Waals surface area contributed by atoms with Crippen molar-refractivity contribution in [3.63, 3.8) is 0 Å². The van der Waals surface area contributed by atoms with Gasteiger partial charge in [0, 0.05) is 5.56 Å². The molecular weight excluding hydrogens is 260 g/mol. The van der Waals surface area contributed by atoms with E-state index in [2.05, 4.69) is 44.8 Å². The van der Waals surface area contributed by atoms with Gasteiger partial charge in [-0.3, -0.25) is 4.98 Å². The van der Waals surface area contributed by atoms with Crippen molar-refractivity contribution in [3.8, 4) is 17.0 Å². The molecule has 0 N–H and O–H groups in total. The van der Waals surface area contributed by atoms with E-state index in [1.54, 1.807) is 7.11 Å². The van der Waals surface area contributed by atoms with E-state index in [9.17, 15) is 0 Å². The van der Waals surface area contributed by atoms with Gasteiger partial charge in [0.1, 0.15) is 5.75 Å². The Kier molecular flexibility index (Phi) is 4.94. The van der Waals surface area contributed by atoms with Gasteiger partial charge in [-0.05, 0) is 36.5 Å². The number of aryl methyl sites for hydroxylation is 2. The molecule has 1 aromatic carbocycles. The average Bonchev–Trinajstić information content (AvgIpc) is 2.53. The first-order valence-corrected chi connectivity index (χ1v) is 7.63. The van der Waals surface area contributed by atoms with Gasteiger partial charge in [0.15, 0.2) is 0 Å². The number of rotatable bonds is 5. The van der Waals surface area contributed by atoms with Crippen molar-refractivity contribution in [2.24, 2.45) is 0 Å². The quantitative estimate of drug-likeness (QED) is 0.816. The second-order valence-corrected chi connectivity index (χ2v) is 5.47. The molecule has 0 amide bonds. The second-order valence-electron chi connectivity index (χ2n) is 5.47. The average molecular weight is 284 g/mol. The maximum Gasteiger partial charge on any atom is 0.128 e. The second kappa shape index (κ2) is 6.70. The van der Waals surface area contributed by atoms with Crippen LogP contribution >= 0.6 is 0 Å². The van der Waals surface area contributed by atoms with Crippen LogP contribution in [0.5, 0.6) is 5.75 Å². The summed E-state index contributed by atoms with van der Waals surface area (Å²) in [5.41, 5.74) is 5.36. The Morgan fingerprint density at radius 3 is 2.38 bits per heavy atom. The predicted octanol–water partition coefficient (Wildman–Crippen LogP) is 4.40. The van der Waals surface area contributed by atoms with Crippen LogP contribution in [0.15, 0.2) is 24.4 Å². The molecule has 0 bridgehead atoms. The zero-order chi connectivity index (χ0) is 15.4. The lowest BCUT2D eigenvalue weighted by atomic mass is 9.99. The SMILES string of the molecule is CCc1ncc(-c2cc(C(C)C)ccc2OC)nc1CC. The van der Waals surface area contributed by atoms with Gasteiger partial charge in [0.2, 0.25) is 0 Å². The van der Waals surface area contributed by atoms with Crippen LogP contribution in [0.2, 0.25) is 0 Å². The van der Waals surface area contributed by atoms with Crippen molar-refractivity contribution < 1.29 is 4.74 Å². The molecule has 3 heteroatoms. The van der Waals surface area contributed by atoms with Gasteiger partial charge in [-0.15, -0.1) is 0 Å². The van der Waals surface area contributed by atoms with E-state index < -0.39 is 0 Å². The van der Waals surface area contributed by atoms with Gasteiger partial charge in [-0.2, -0.15) is 0 Å². The molecular formula is C18H24N2O. The molecule has 21 heavy (non-hydrogen) atoms. The molecule has 0 aliphatic rings. The van der Waals surface area contributed by atoms with Crippen LogP contribution in [-0.2, 0) is 12.8 Å². The molecule has 2 aromatic rings. The molecule has 0 radical (unpaired) electrons. The standard InChI is InChI=1S/C18H24N2O/c1-6-15-16(7-2)20-17(11-19-15)14-10-13(12(3)4)8-9-18(14)21-5/h8-12H,6-7H2,1-5H3. The fraction of sp³-hybridized carbons (Fsp3) is 0.444. The summed E-state index contributed by atoms with van der Waals surface area (Å²) in [5, 5.41) is 0. The van der Waals surface area contributed by atoms with Crippen molar-refractivity contribution in [1.82, 2.24) is 9.97 Å². The molecule has 0 aliphatic heterocycles. The number of nitrogens with zero attached hydrogens (tertiary/aromatic N) is 2. The normalized spacial score (nSPS) is 11.0. The monoisotopic (exact) mass is 284 g/mol. The largest absolute Gasteiger partial charge is 0.496 e. The van der Waals surface area contributed by atoms with Crippen LogP contribution in [0, 0.1) is 0 Å². The Balaban J connectivity index is 2.56. The first-order valence-electron chi connectivity index (χ1n) is 7.63. The molecule has 0 saturated carbocycles. The smallest absolute Gasteiger partial charge is 0.128 e. The van der Waals surface area contributed by atoms with Crippen molar-refractivity contribution in [2.75, 3.05) is 7.11 Å². The third-order valence-corrected chi connectivity index (χ3v) is 3.77. The highest BCUT2D eigenvalue weighted by Gasteiger charge is 2.12. The van der Waals surface area contributed by atoms with Crippen LogP contribution in [0.3, 0.4) is 0 Å². The highest BCUT2D eigenvalue weighted by Crippen LogP contribution is 2.32. The number of methoxy groups -OCH3 is 1. The molecule has 0 aliphatic carbocycles. The van der Waals surface area contributed by atoms with E-state index in [1.165, 1.54) is 5.56 Å². The summed E-state index contributed by atoms with van der Waals surface area (Å²) in [6.07, 6.45) is 3.68. The number of ether oxygens (including phenoxy) is 1.